The molecule has 0 fully saturated rings. The van der Waals surface area contributed by atoms with E-state index in [1.807, 2.05) is 11.8 Å². The van der Waals surface area contributed by atoms with Crippen molar-refractivity contribution < 1.29 is 0 Å². The molecule has 0 unspecified atom stereocenters. The summed E-state index contributed by atoms with van der Waals surface area (Å²) in [6, 6.07) is 0. The van der Waals surface area contributed by atoms with E-state index in [1.54, 1.807) is 0 Å². The summed E-state index contributed by atoms with van der Waals surface area (Å²) in [5, 5.41) is 0. The molecule has 98 valence electrons. The summed E-state index contributed by atoms with van der Waals surface area (Å²) in [6.45, 7) is 3.12. The maximum atomic E-state index is 5.44. The largest absolute Gasteiger partial charge is 0.330 e. The summed E-state index contributed by atoms with van der Waals surface area (Å²) in [5.41, 5.74) is 5.44. The van der Waals surface area contributed by atoms with Crippen LogP contribution < -0.4 is 5.73 Å². The molecule has 0 amide bonds. The van der Waals surface area contributed by atoms with Crippen molar-refractivity contribution in [2.75, 3.05) is 18.1 Å². The molecule has 0 aliphatic carbocycles. The van der Waals surface area contributed by atoms with Crippen LogP contribution in [0.1, 0.15) is 71.1 Å². The Morgan fingerprint density at radius 2 is 1.19 bits per heavy atom. The second kappa shape index (κ2) is 15.3. The molecule has 0 bridgehead atoms. The van der Waals surface area contributed by atoms with Crippen molar-refractivity contribution >= 4 is 11.8 Å². The summed E-state index contributed by atoms with van der Waals surface area (Å²) in [6.07, 6.45) is 14.3. The predicted octanol–water partition coefficient (Wildman–Crippen LogP) is 4.60. The van der Waals surface area contributed by atoms with E-state index >= 15 is 0 Å². The maximum Gasteiger partial charge on any atom is 0.00558 e. The fourth-order valence-electron chi connectivity index (χ4n) is 1.88. The molecule has 0 saturated heterocycles. The van der Waals surface area contributed by atoms with Crippen LogP contribution in [0, 0.1) is 0 Å². The standard InChI is InChI=1S/C14H31NS/c1-2-3-4-5-6-7-8-9-10-11-13-16-14-12-15/h2-15H2,1H3. The molecular formula is C14H31NS. The first kappa shape index (κ1) is 16.3. The lowest BCUT2D eigenvalue weighted by Crippen LogP contribution is -2.01. The third-order valence-electron chi connectivity index (χ3n) is 2.90. The topological polar surface area (TPSA) is 26.0 Å². The average molecular weight is 245 g/mol. The first-order chi connectivity index (χ1) is 7.91. The Morgan fingerprint density at radius 1 is 0.688 bits per heavy atom. The highest BCUT2D eigenvalue weighted by Crippen LogP contribution is 2.11. The van der Waals surface area contributed by atoms with E-state index in [-0.39, 0.29) is 0 Å². The van der Waals surface area contributed by atoms with Crippen molar-refractivity contribution in [2.45, 2.75) is 71.1 Å². The molecule has 2 heteroatoms. The molecule has 0 spiro atoms. The highest BCUT2D eigenvalue weighted by Gasteiger charge is 1.92. The van der Waals surface area contributed by atoms with E-state index in [0.717, 1.165) is 12.3 Å². The molecule has 0 heterocycles. The maximum absolute atomic E-state index is 5.44. The summed E-state index contributed by atoms with van der Waals surface area (Å²) in [7, 11) is 0. The van der Waals surface area contributed by atoms with E-state index in [9.17, 15) is 0 Å². The highest BCUT2D eigenvalue weighted by atomic mass is 32.2. The van der Waals surface area contributed by atoms with E-state index in [1.165, 1.54) is 70.0 Å². The minimum absolute atomic E-state index is 0.836. The Labute approximate surface area is 107 Å². The summed E-state index contributed by atoms with van der Waals surface area (Å²) in [4.78, 5) is 0. The van der Waals surface area contributed by atoms with Gasteiger partial charge >= 0.3 is 0 Å². The molecule has 0 aromatic heterocycles. The zero-order valence-electron chi connectivity index (χ0n) is 11.2. The summed E-state index contributed by atoms with van der Waals surface area (Å²) < 4.78 is 0. The molecule has 0 aromatic rings. The normalized spacial score (nSPS) is 10.9. The van der Waals surface area contributed by atoms with E-state index in [0.29, 0.717) is 0 Å². The zero-order valence-corrected chi connectivity index (χ0v) is 12.0. The van der Waals surface area contributed by atoms with Gasteiger partial charge in [-0.25, -0.2) is 0 Å². The number of hydrogen-bond acceptors (Lipinski definition) is 2. The van der Waals surface area contributed by atoms with Gasteiger partial charge in [-0.2, -0.15) is 11.8 Å². The fraction of sp³-hybridized carbons (Fsp3) is 1.00. The van der Waals surface area contributed by atoms with E-state index in [4.69, 9.17) is 5.73 Å². The second-order valence-corrected chi connectivity index (χ2v) is 5.81. The minimum Gasteiger partial charge on any atom is -0.330 e. The van der Waals surface area contributed by atoms with Gasteiger partial charge in [-0.15, -0.1) is 0 Å². The number of rotatable bonds is 13. The molecule has 0 rings (SSSR count). The molecule has 0 radical (unpaired) electrons. The molecule has 1 nitrogen and oxygen atoms in total. The third-order valence-corrected chi connectivity index (χ3v) is 4.01. The molecule has 0 atom stereocenters. The smallest absolute Gasteiger partial charge is 0.00558 e. The van der Waals surface area contributed by atoms with Crippen molar-refractivity contribution in [3.05, 3.63) is 0 Å². The van der Waals surface area contributed by atoms with Crippen LogP contribution in [0.3, 0.4) is 0 Å². The minimum atomic E-state index is 0.836. The van der Waals surface area contributed by atoms with Crippen LogP contribution in [0.15, 0.2) is 0 Å². The molecule has 0 saturated carbocycles. The van der Waals surface area contributed by atoms with Gasteiger partial charge in [0.05, 0.1) is 0 Å². The van der Waals surface area contributed by atoms with Gasteiger partial charge in [0.25, 0.3) is 0 Å². The zero-order chi connectivity index (χ0) is 11.9. The van der Waals surface area contributed by atoms with Gasteiger partial charge in [-0.1, -0.05) is 64.7 Å². The Hall–Kier alpha value is 0.310. The van der Waals surface area contributed by atoms with Crippen molar-refractivity contribution in [1.29, 1.82) is 0 Å². The van der Waals surface area contributed by atoms with Crippen LogP contribution in [0.2, 0.25) is 0 Å². The van der Waals surface area contributed by atoms with Crippen molar-refractivity contribution in [1.82, 2.24) is 0 Å². The summed E-state index contributed by atoms with van der Waals surface area (Å²) in [5.74, 6) is 2.45. The second-order valence-electron chi connectivity index (χ2n) is 4.58. The fourth-order valence-corrected chi connectivity index (χ4v) is 2.66. The van der Waals surface area contributed by atoms with Gasteiger partial charge in [0.15, 0.2) is 0 Å². The van der Waals surface area contributed by atoms with Crippen LogP contribution in [-0.2, 0) is 0 Å². The van der Waals surface area contributed by atoms with Gasteiger partial charge in [0.1, 0.15) is 0 Å². The van der Waals surface area contributed by atoms with E-state index in [2.05, 4.69) is 6.92 Å². The van der Waals surface area contributed by atoms with Gasteiger partial charge in [0, 0.05) is 12.3 Å². The Balaban J connectivity index is 2.83. The van der Waals surface area contributed by atoms with Crippen LogP contribution in [0.25, 0.3) is 0 Å². The van der Waals surface area contributed by atoms with Crippen molar-refractivity contribution in [2.24, 2.45) is 5.73 Å². The van der Waals surface area contributed by atoms with Crippen LogP contribution >= 0.6 is 11.8 Å². The first-order valence-corrected chi connectivity index (χ1v) is 8.35. The predicted molar refractivity (Wildman–Crippen MR) is 78.2 cm³/mol. The number of hydrogen-bond donors (Lipinski definition) is 1. The Kier molecular flexibility index (Phi) is 15.6. The number of nitrogens with two attached hydrogens (primary N) is 1. The van der Waals surface area contributed by atoms with Gasteiger partial charge in [0.2, 0.25) is 0 Å². The van der Waals surface area contributed by atoms with E-state index < -0.39 is 0 Å². The number of thioether (sulfide) groups is 1. The van der Waals surface area contributed by atoms with Gasteiger partial charge in [-0.3, -0.25) is 0 Å². The highest BCUT2D eigenvalue weighted by molar-refractivity contribution is 7.99. The molecule has 16 heavy (non-hydrogen) atoms. The number of unbranched alkanes of at least 4 members (excludes halogenated alkanes) is 9. The van der Waals surface area contributed by atoms with Crippen LogP contribution in [0.4, 0.5) is 0 Å². The molecular weight excluding hydrogens is 214 g/mol. The van der Waals surface area contributed by atoms with Gasteiger partial charge in [-0.05, 0) is 12.2 Å². The Morgan fingerprint density at radius 3 is 1.69 bits per heavy atom. The lowest BCUT2D eigenvalue weighted by molar-refractivity contribution is 0.563. The molecule has 0 aromatic carbocycles. The molecule has 2 N–H and O–H groups in total. The van der Waals surface area contributed by atoms with Crippen molar-refractivity contribution in [3.8, 4) is 0 Å². The van der Waals surface area contributed by atoms with Gasteiger partial charge < -0.3 is 5.73 Å². The third kappa shape index (κ3) is 14.3. The Bertz CT molecular complexity index is 103. The quantitative estimate of drug-likeness (QED) is 0.480. The molecule has 0 aliphatic rings. The van der Waals surface area contributed by atoms with Crippen LogP contribution in [0.5, 0.6) is 0 Å². The first-order valence-electron chi connectivity index (χ1n) is 7.19. The monoisotopic (exact) mass is 245 g/mol. The van der Waals surface area contributed by atoms with Crippen molar-refractivity contribution in [3.63, 3.8) is 0 Å². The summed E-state index contributed by atoms with van der Waals surface area (Å²) >= 11 is 2.01. The lowest BCUT2D eigenvalue weighted by atomic mass is 10.1. The van der Waals surface area contributed by atoms with Crippen LogP contribution in [-0.4, -0.2) is 18.1 Å². The molecule has 0 aliphatic heterocycles. The lowest BCUT2D eigenvalue weighted by Gasteiger charge is -2.02. The SMILES string of the molecule is CCCCCCCCCCCCSCCN. The average Bonchev–Trinajstić information content (AvgIpc) is 2.31.